The van der Waals surface area contributed by atoms with E-state index in [1.807, 2.05) is 6.92 Å². The fraction of sp³-hybridized carbons (Fsp3) is 0.824. The van der Waals surface area contributed by atoms with Crippen LogP contribution in [0.15, 0.2) is 4.42 Å². The Morgan fingerprint density at radius 1 is 1.26 bits per heavy atom. The minimum atomic E-state index is -0.478. The molecule has 1 aromatic rings. The topological polar surface area (TPSA) is 88.2 Å². The van der Waals surface area contributed by atoms with Gasteiger partial charge < -0.3 is 14.8 Å². The molecule has 1 aliphatic rings. The number of carbonyl (C=O) groups excluding carboxylic acids is 1. The molecule has 1 amide bonds. The van der Waals surface area contributed by atoms with Gasteiger partial charge in [0.15, 0.2) is 0 Å². The molecule has 0 saturated heterocycles. The number of hydrogen-bond donors (Lipinski definition) is 2. The highest BCUT2D eigenvalue weighted by atomic mass is 16.4. The Kier molecular flexibility index (Phi) is 7.52. The summed E-state index contributed by atoms with van der Waals surface area (Å²) in [6.45, 7) is 2.18. The maximum atomic E-state index is 11.7. The molecule has 0 unspecified atom stereocenters. The van der Waals surface area contributed by atoms with Crippen molar-refractivity contribution in [3.8, 4) is 0 Å². The SMILES string of the molecule is CC[C@H](O)CNC(=O)CCc1nnc(CCC2CCCCC2)o1. The quantitative estimate of drug-likeness (QED) is 0.728. The van der Waals surface area contributed by atoms with Crippen LogP contribution in [0.3, 0.4) is 0 Å². The fourth-order valence-corrected chi connectivity index (χ4v) is 2.98. The molecule has 2 N–H and O–H groups in total. The highest BCUT2D eigenvalue weighted by Crippen LogP contribution is 2.27. The summed E-state index contributed by atoms with van der Waals surface area (Å²) in [7, 11) is 0. The molecular formula is C17H29N3O3. The summed E-state index contributed by atoms with van der Waals surface area (Å²) < 4.78 is 5.62. The van der Waals surface area contributed by atoms with Crippen molar-refractivity contribution in [1.29, 1.82) is 0 Å². The Balaban J connectivity index is 1.64. The van der Waals surface area contributed by atoms with Gasteiger partial charge in [-0.2, -0.15) is 0 Å². The second-order valence-corrected chi connectivity index (χ2v) is 6.50. The molecule has 0 aliphatic heterocycles. The number of aryl methyl sites for hydroxylation is 2. The second-order valence-electron chi connectivity index (χ2n) is 6.50. The third-order valence-electron chi connectivity index (χ3n) is 4.57. The number of nitrogens with one attached hydrogen (secondary N) is 1. The standard InChI is InChI=1S/C17H29N3O3/c1-2-14(21)12-18-15(22)9-11-17-20-19-16(23-17)10-8-13-6-4-3-5-7-13/h13-14,21H,2-12H2,1H3,(H,18,22)/t14-/m0/s1. The van der Waals surface area contributed by atoms with Crippen LogP contribution < -0.4 is 5.32 Å². The number of rotatable bonds is 9. The Morgan fingerprint density at radius 3 is 2.65 bits per heavy atom. The van der Waals surface area contributed by atoms with Crippen molar-refractivity contribution in [2.45, 2.75) is 77.2 Å². The zero-order chi connectivity index (χ0) is 16.5. The summed E-state index contributed by atoms with van der Waals surface area (Å²) in [5, 5.41) is 20.2. The number of amides is 1. The van der Waals surface area contributed by atoms with Crippen LogP contribution in [0.4, 0.5) is 0 Å². The van der Waals surface area contributed by atoms with Crippen molar-refractivity contribution in [2.24, 2.45) is 5.92 Å². The molecule has 0 bridgehead atoms. The first kappa shape index (κ1) is 17.9. The number of hydrogen-bond acceptors (Lipinski definition) is 5. The predicted octanol–water partition coefficient (Wildman–Crippen LogP) is 2.40. The normalized spacial score (nSPS) is 17.1. The molecule has 0 radical (unpaired) electrons. The minimum absolute atomic E-state index is 0.0977. The van der Waals surface area contributed by atoms with Crippen molar-refractivity contribution in [1.82, 2.24) is 15.5 Å². The monoisotopic (exact) mass is 323 g/mol. The van der Waals surface area contributed by atoms with Crippen LogP contribution in [0.1, 0.15) is 70.1 Å². The molecule has 1 aliphatic carbocycles. The van der Waals surface area contributed by atoms with Gasteiger partial charge in [0.25, 0.3) is 0 Å². The van der Waals surface area contributed by atoms with Gasteiger partial charge in [-0.1, -0.05) is 39.0 Å². The van der Waals surface area contributed by atoms with Crippen LogP contribution in [-0.4, -0.2) is 33.9 Å². The van der Waals surface area contributed by atoms with Gasteiger partial charge >= 0.3 is 0 Å². The van der Waals surface area contributed by atoms with Gasteiger partial charge in [-0.3, -0.25) is 4.79 Å². The van der Waals surface area contributed by atoms with Crippen LogP contribution in [0, 0.1) is 5.92 Å². The molecule has 1 aromatic heterocycles. The van der Waals surface area contributed by atoms with Crippen molar-refractivity contribution in [2.75, 3.05) is 6.54 Å². The van der Waals surface area contributed by atoms with E-state index in [0.29, 0.717) is 37.6 Å². The highest BCUT2D eigenvalue weighted by molar-refractivity contribution is 5.76. The van der Waals surface area contributed by atoms with Crippen LogP contribution in [0.25, 0.3) is 0 Å². The molecule has 6 nitrogen and oxygen atoms in total. The molecule has 2 rings (SSSR count). The minimum Gasteiger partial charge on any atom is -0.425 e. The van der Waals surface area contributed by atoms with E-state index in [0.717, 1.165) is 18.8 Å². The summed E-state index contributed by atoms with van der Waals surface area (Å²) in [4.78, 5) is 11.7. The zero-order valence-corrected chi connectivity index (χ0v) is 14.1. The first-order valence-electron chi connectivity index (χ1n) is 8.93. The van der Waals surface area contributed by atoms with E-state index in [-0.39, 0.29) is 5.91 Å². The predicted molar refractivity (Wildman–Crippen MR) is 86.8 cm³/mol. The fourth-order valence-electron chi connectivity index (χ4n) is 2.98. The van der Waals surface area contributed by atoms with Crippen LogP contribution in [-0.2, 0) is 17.6 Å². The third kappa shape index (κ3) is 6.69. The molecule has 0 spiro atoms. The molecule has 23 heavy (non-hydrogen) atoms. The van der Waals surface area contributed by atoms with Crippen LogP contribution >= 0.6 is 0 Å². The molecule has 6 heteroatoms. The first-order valence-corrected chi connectivity index (χ1v) is 8.93. The first-order chi connectivity index (χ1) is 11.2. The summed E-state index contributed by atoms with van der Waals surface area (Å²) in [6, 6.07) is 0. The Hall–Kier alpha value is -1.43. The van der Waals surface area contributed by atoms with Crippen LogP contribution in [0.5, 0.6) is 0 Å². The molecule has 1 saturated carbocycles. The molecule has 1 atom stereocenters. The van der Waals surface area contributed by atoms with Gasteiger partial charge in [0.1, 0.15) is 0 Å². The van der Waals surface area contributed by atoms with E-state index in [1.54, 1.807) is 0 Å². The number of aromatic nitrogens is 2. The van der Waals surface area contributed by atoms with Gasteiger partial charge in [0.05, 0.1) is 6.10 Å². The summed E-state index contributed by atoms with van der Waals surface area (Å²) in [5.41, 5.74) is 0. The van der Waals surface area contributed by atoms with E-state index >= 15 is 0 Å². The lowest BCUT2D eigenvalue weighted by Gasteiger charge is -2.20. The van der Waals surface area contributed by atoms with E-state index in [4.69, 9.17) is 4.42 Å². The molecule has 1 heterocycles. The maximum absolute atomic E-state index is 11.7. The largest absolute Gasteiger partial charge is 0.425 e. The summed E-state index contributed by atoms with van der Waals surface area (Å²) >= 11 is 0. The van der Waals surface area contributed by atoms with Gasteiger partial charge in [-0.05, 0) is 18.8 Å². The van der Waals surface area contributed by atoms with E-state index in [9.17, 15) is 9.90 Å². The number of aliphatic hydroxyl groups is 1. The highest BCUT2D eigenvalue weighted by Gasteiger charge is 2.15. The Labute approximate surface area is 138 Å². The molecule has 0 aromatic carbocycles. The number of aliphatic hydroxyl groups excluding tert-OH is 1. The van der Waals surface area contributed by atoms with E-state index < -0.39 is 6.10 Å². The van der Waals surface area contributed by atoms with Gasteiger partial charge in [0.2, 0.25) is 17.7 Å². The second kappa shape index (κ2) is 9.65. The lowest BCUT2D eigenvalue weighted by atomic mass is 9.86. The zero-order valence-electron chi connectivity index (χ0n) is 14.1. The van der Waals surface area contributed by atoms with Crippen molar-refractivity contribution < 1.29 is 14.3 Å². The lowest BCUT2D eigenvalue weighted by Crippen LogP contribution is -2.31. The molecule has 1 fully saturated rings. The summed E-state index contributed by atoms with van der Waals surface area (Å²) in [5.74, 6) is 1.91. The van der Waals surface area contributed by atoms with Gasteiger partial charge in [0, 0.05) is 25.8 Å². The van der Waals surface area contributed by atoms with Crippen molar-refractivity contribution in [3.05, 3.63) is 11.8 Å². The van der Waals surface area contributed by atoms with E-state index in [1.165, 1.54) is 32.1 Å². The molecule has 130 valence electrons. The van der Waals surface area contributed by atoms with Crippen LogP contribution in [0.2, 0.25) is 0 Å². The van der Waals surface area contributed by atoms with E-state index in [2.05, 4.69) is 15.5 Å². The van der Waals surface area contributed by atoms with Gasteiger partial charge in [-0.25, -0.2) is 0 Å². The smallest absolute Gasteiger partial charge is 0.220 e. The van der Waals surface area contributed by atoms with Gasteiger partial charge in [-0.15, -0.1) is 10.2 Å². The Bertz CT molecular complexity index is 469. The lowest BCUT2D eigenvalue weighted by molar-refractivity contribution is -0.121. The Morgan fingerprint density at radius 2 is 1.96 bits per heavy atom. The maximum Gasteiger partial charge on any atom is 0.220 e. The molecular weight excluding hydrogens is 294 g/mol. The number of carbonyl (C=O) groups is 1. The summed E-state index contributed by atoms with van der Waals surface area (Å²) in [6.07, 6.45) is 9.59. The number of nitrogens with zero attached hydrogens (tertiary/aromatic N) is 2. The van der Waals surface area contributed by atoms with Crippen molar-refractivity contribution in [3.63, 3.8) is 0 Å². The van der Waals surface area contributed by atoms with Crippen molar-refractivity contribution >= 4 is 5.91 Å². The average Bonchev–Trinajstić information content (AvgIpc) is 3.05. The average molecular weight is 323 g/mol. The third-order valence-corrected chi connectivity index (χ3v) is 4.57.